The average molecular weight is 284 g/mol. The molecule has 0 N–H and O–H groups in total. The molecular formula is C16H28O2S. The summed E-state index contributed by atoms with van der Waals surface area (Å²) in [6.45, 7) is 16.4. The summed E-state index contributed by atoms with van der Waals surface area (Å²) in [6.07, 6.45) is 1.64. The first kappa shape index (κ1) is 16.5. The number of hydrogen-bond donors (Lipinski definition) is 0. The molecule has 0 aromatic heterocycles. The Morgan fingerprint density at radius 3 is 1.21 bits per heavy atom. The van der Waals surface area contributed by atoms with Crippen molar-refractivity contribution in [2.75, 3.05) is 0 Å². The molecule has 0 aromatic carbocycles. The van der Waals surface area contributed by atoms with Crippen LogP contribution in [0.15, 0.2) is 21.0 Å². The topological polar surface area (TPSA) is 34.1 Å². The third-order valence-corrected chi connectivity index (χ3v) is 5.54. The van der Waals surface area contributed by atoms with Gasteiger partial charge in [0, 0.05) is 9.81 Å². The van der Waals surface area contributed by atoms with E-state index in [-0.39, 0.29) is 10.8 Å². The highest BCUT2D eigenvalue weighted by Gasteiger charge is 2.35. The zero-order chi connectivity index (χ0) is 15.2. The smallest absolute Gasteiger partial charge is 0.198 e. The van der Waals surface area contributed by atoms with Gasteiger partial charge in [0.1, 0.15) is 0 Å². The van der Waals surface area contributed by atoms with E-state index >= 15 is 0 Å². The molecule has 0 radical (unpaired) electrons. The molecule has 1 aliphatic rings. The summed E-state index contributed by atoms with van der Waals surface area (Å²) in [4.78, 5) is 1.14. The molecule has 0 fully saturated rings. The van der Waals surface area contributed by atoms with Gasteiger partial charge in [-0.2, -0.15) is 0 Å². The van der Waals surface area contributed by atoms with Gasteiger partial charge in [0.15, 0.2) is 9.84 Å². The maximum Gasteiger partial charge on any atom is 0.198 e. The van der Waals surface area contributed by atoms with Crippen molar-refractivity contribution in [3.8, 4) is 0 Å². The zero-order valence-corrected chi connectivity index (χ0v) is 14.5. The summed E-state index contributed by atoms with van der Waals surface area (Å²) < 4.78 is 24.7. The van der Waals surface area contributed by atoms with Crippen LogP contribution in [-0.2, 0) is 9.84 Å². The van der Waals surface area contributed by atoms with Crippen LogP contribution < -0.4 is 0 Å². The van der Waals surface area contributed by atoms with Gasteiger partial charge < -0.3 is 0 Å². The lowest BCUT2D eigenvalue weighted by Gasteiger charge is -2.25. The van der Waals surface area contributed by atoms with Crippen molar-refractivity contribution in [2.45, 2.75) is 68.2 Å². The fourth-order valence-corrected chi connectivity index (χ4v) is 4.00. The standard InChI is InChI=1S/C16H28O2S/c1-11-13(9-15(3,4)5)14(10-16(6,7)8)12(2)19(11,17)18/h9-10H2,1-8H3. The van der Waals surface area contributed by atoms with Crippen LogP contribution in [0.1, 0.15) is 68.2 Å². The van der Waals surface area contributed by atoms with Gasteiger partial charge in [0.25, 0.3) is 0 Å². The van der Waals surface area contributed by atoms with E-state index in [1.54, 1.807) is 13.8 Å². The Morgan fingerprint density at radius 1 is 0.737 bits per heavy atom. The summed E-state index contributed by atoms with van der Waals surface area (Å²) in [6, 6.07) is 0. The maximum atomic E-state index is 12.4. The molecule has 0 bridgehead atoms. The third-order valence-electron chi connectivity index (χ3n) is 3.43. The minimum Gasteiger partial charge on any atom is -0.219 e. The second-order valence-electron chi connectivity index (χ2n) is 8.05. The molecule has 110 valence electrons. The summed E-state index contributed by atoms with van der Waals surface area (Å²) in [5.41, 5.74) is 2.31. The number of rotatable bonds is 2. The Hall–Kier alpha value is -0.570. The normalized spacial score (nSPS) is 20.4. The molecule has 0 unspecified atom stereocenters. The second-order valence-corrected chi connectivity index (χ2v) is 10.3. The van der Waals surface area contributed by atoms with Crippen molar-refractivity contribution in [2.24, 2.45) is 10.8 Å². The molecule has 0 aliphatic carbocycles. The Morgan fingerprint density at radius 2 is 1.00 bits per heavy atom. The summed E-state index contributed by atoms with van der Waals surface area (Å²) in [5.74, 6) is 0. The van der Waals surface area contributed by atoms with Crippen molar-refractivity contribution in [1.29, 1.82) is 0 Å². The Bertz CT molecular complexity index is 488. The lowest BCUT2D eigenvalue weighted by Crippen LogP contribution is -2.12. The van der Waals surface area contributed by atoms with E-state index in [9.17, 15) is 8.42 Å². The van der Waals surface area contributed by atoms with Crippen molar-refractivity contribution in [1.82, 2.24) is 0 Å². The minimum absolute atomic E-state index is 0.0971. The molecule has 0 atom stereocenters. The summed E-state index contributed by atoms with van der Waals surface area (Å²) >= 11 is 0. The van der Waals surface area contributed by atoms with E-state index in [0.29, 0.717) is 9.81 Å². The van der Waals surface area contributed by atoms with Gasteiger partial charge in [-0.3, -0.25) is 0 Å². The van der Waals surface area contributed by atoms with Gasteiger partial charge >= 0.3 is 0 Å². The summed E-state index contributed by atoms with van der Waals surface area (Å²) in [7, 11) is -3.19. The predicted octanol–water partition coefficient (Wildman–Crippen LogP) is 4.84. The molecule has 0 amide bonds. The Kier molecular flexibility index (Phi) is 4.13. The third kappa shape index (κ3) is 3.71. The van der Waals surface area contributed by atoms with Gasteiger partial charge in [-0.05, 0) is 48.7 Å². The number of allylic oxidation sites excluding steroid dienone is 4. The zero-order valence-electron chi connectivity index (χ0n) is 13.6. The van der Waals surface area contributed by atoms with Gasteiger partial charge in [0.05, 0.1) is 0 Å². The molecule has 0 aromatic rings. The van der Waals surface area contributed by atoms with Gasteiger partial charge in [0.2, 0.25) is 0 Å². The molecule has 1 heterocycles. The lowest BCUT2D eigenvalue weighted by atomic mass is 9.79. The highest BCUT2D eigenvalue weighted by molar-refractivity contribution is 7.99. The monoisotopic (exact) mass is 284 g/mol. The first-order valence-electron chi connectivity index (χ1n) is 6.91. The first-order chi connectivity index (χ1) is 8.26. The van der Waals surface area contributed by atoms with E-state index in [1.165, 1.54) is 0 Å². The minimum atomic E-state index is -3.19. The van der Waals surface area contributed by atoms with Crippen LogP contribution in [-0.4, -0.2) is 8.42 Å². The van der Waals surface area contributed by atoms with Crippen molar-refractivity contribution in [3.63, 3.8) is 0 Å². The molecule has 0 saturated heterocycles. The van der Waals surface area contributed by atoms with Crippen molar-refractivity contribution < 1.29 is 8.42 Å². The van der Waals surface area contributed by atoms with Crippen LogP contribution in [0.5, 0.6) is 0 Å². The van der Waals surface area contributed by atoms with E-state index in [2.05, 4.69) is 41.5 Å². The van der Waals surface area contributed by atoms with Crippen LogP contribution >= 0.6 is 0 Å². The molecule has 0 saturated carbocycles. The van der Waals surface area contributed by atoms with Crippen LogP contribution in [0.25, 0.3) is 0 Å². The number of hydrogen-bond acceptors (Lipinski definition) is 2. The summed E-state index contributed by atoms with van der Waals surface area (Å²) in [5, 5.41) is 0. The first-order valence-corrected chi connectivity index (χ1v) is 8.39. The Labute approximate surface area is 118 Å². The molecule has 3 heteroatoms. The van der Waals surface area contributed by atoms with E-state index < -0.39 is 9.84 Å². The predicted molar refractivity (Wildman–Crippen MR) is 82.5 cm³/mol. The maximum absolute atomic E-state index is 12.4. The van der Waals surface area contributed by atoms with Gasteiger partial charge in [-0.25, -0.2) is 8.42 Å². The number of sulfone groups is 1. The molecular weight excluding hydrogens is 256 g/mol. The van der Waals surface area contributed by atoms with Crippen molar-refractivity contribution in [3.05, 3.63) is 21.0 Å². The van der Waals surface area contributed by atoms with Crippen LogP contribution in [0.3, 0.4) is 0 Å². The van der Waals surface area contributed by atoms with Crippen molar-refractivity contribution >= 4 is 9.84 Å². The molecule has 2 nitrogen and oxygen atoms in total. The fraction of sp³-hybridized carbons (Fsp3) is 0.750. The average Bonchev–Trinajstić information content (AvgIpc) is 2.29. The van der Waals surface area contributed by atoms with E-state index in [4.69, 9.17) is 0 Å². The van der Waals surface area contributed by atoms with E-state index in [0.717, 1.165) is 24.0 Å². The highest BCUT2D eigenvalue weighted by Crippen LogP contribution is 2.45. The largest absolute Gasteiger partial charge is 0.219 e. The fourth-order valence-electron chi connectivity index (χ4n) is 2.50. The Balaban J connectivity index is 3.35. The second kappa shape index (κ2) is 4.76. The molecule has 1 rings (SSSR count). The molecule has 0 spiro atoms. The lowest BCUT2D eigenvalue weighted by molar-refractivity contribution is 0.390. The van der Waals surface area contributed by atoms with Gasteiger partial charge in [-0.15, -0.1) is 0 Å². The SMILES string of the molecule is CC1=C(CC(C)(C)C)C(CC(C)(C)C)=C(C)S1(=O)=O. The molecule has 19 heavy (non-hydrogen) atoms. The van der Waals surface area contributed by atoms with Crippen LogP contribution in [0.2, 0.25) is 0 Å². The van der Waals surface area contributed by atoms with Crippen LogP contribution in [0, 0.1) is 10.8 Å². The van der Waals surface area contributed by atoms with E-state index in [1.807, 2.05) is 0 Å². The van der Waals surface area contributed by atoms with Crippen LogP contribution in [0.4, 0.5) is 0 Å². The van der Waals surface area contributed by atoms with Gasteiger partial charge in [-0.1, -0.05) is 41.5 Å². The molecule has 1 aliphatic heterocycles. The highest BCUT2D eigenvalue weighted by atomic mass is 32.2. The quantitative estimate of drug-likeness (QED) is 0.727.